The molecule has 0 bridgehead atoms. The molecule has 6 heteroatoms. The van der Waals surface area contributed by atoms with Crippen LogP contribution in [-0.4, -0.2) is 15.9 Å². The van der Waals surface area contributed by atoms with Gasteiger partial charge in [0.15, 0.2) is 0 Å². The summed E-state index contributed by atoms with van der Waals surface area (Å²) in [5, 5.41) is 4.09. The second-order valence-corrected chi connectivity index (χ2v) is 7.77. The smallest absolute Gasteiger partial charge is 0.263 e. The lowest BCUT2D eigenvalue weighted by atomic mass is 10.1. The average Bonchev–Trinajstić information content (AvgIpc) is 3.08. The first kappa shape index (κ1) is 20.0. The molecule has 28 heavy (non-hydrogen) atoms. The van der Waals surface area contributed by atoms with E-state index in [1.807, 2.05) is 50.2 Å². The Hall–Kier alpha value is -2.73. The third-order valence-electron chi connectivity index (χ3n) is 4.37. The largest absolute Gasteiger partial charge is 0.489 e. The van der Waals surface area contributed by atoms with Gasteiger partial charge in [0.1, 0.15) is 17.2 Å². The highest BCUT2D eigenvalue weighted by Crippen LogP contribution is 2.22. The third kappa shape index (κ3) is 5.16. The number of carbonyl (C=O) groups is 1. The fraction of sp³-hybridized carbons (Fsp3) is 0.318. The van der Waals surface area contributed by atoms with Gasteiger partial charge in [0, 0.05) is 18.0 Å². The van der Waals surface area contributed by atoms with Gasteiger partial charge in [-0.3, -0.25) is 9.78 Å². The van der Waals surface area contributed by atoms with Crippen LogP contribution in [0.4, 0.5) is 0 Å². The fourth-order valence-corrected chi connectivity index (χ4v) is 3.90. The van der Waals surface area contributed by atoms with Crippen molar-refractivity contribution in [2.75, 3.05) is 0 Å². The van der Waals surface area contributed by atoms with Crippen LogP contribution in [0.1, 0.15) is 57.8 Å². The van der Waals surface area contributed by atoms with Crippen LogP contribution in [0.5, 0.6) is 5.75 Å². The molecule has 0 aliphatic heterocycles. The van der Waals surface area contributed by atoms with Gasteiger partial charge < -0.3 is 10.1 Å². The summed E-state index contributed by atoms with van der Waals surface area (Å²) < 4.78 is 5.78. The summed E-state index contributed by atoms with van der Waals surface area (Å²) in [7, 11) is 0. The third-order valence-corrected chi connectivity index (χ3v) is 5.58. The number of aromatic nitrogens is 2. The van der Waals surface area contributed by atoms with Crippen LogP contribution < -0.4 is 10.1 Å². The number of nitrogens with one attached hydrogen (secondary N) is 1. The maximum Gasteiger partial charge on any atom is 0.263 e. The molecule has 0 aliphatic carbocycles. The van der Waals surface area contributed by atoms with Crippen LogP contribution in [0.3, 0.4) is 0 Å². The molecular formula is C22H25N3O2S. The van der Waals surface area contributed by atoms with Gasteiger partial charge in [-0.05, 0) is 50.5 Å². The van der Waals surface area contributed by atoms with Crippen LogP contribution in [0.25, 0.3) is 0 Å². The van der Waals surface area contributed by atoms with Crippen molar-refractivity contribution in [1.82, 2.24) is 15.3 Å². The average molecular weight is 396 g/mol. The first-order valence-corrected chi connectivity index (χ1v) is 10.3. The number of hydrogen-bond acceptors (Lipinski definition) is 5. The van der Waals surface area contributed by atoms with Crippen LogP contribution in [0, 0.1) is 6.92 Å². The maximum absolute atomic E-state index is 12.6. The molecule has 0 spiro atoms. The van der Waals surface area contributed by atoms with Crippen LogP contribution >= 0.6 is 11.3 Å². The van der Waals surface area contributed by atoms with E-state index >= 15 is 0 Å². The van der Waals surface area contributed by atoms with Crippen molar-refractivity contribution < 1.29 is 9.53 Å². The molecule has 0 saturated heterocycles. The summed E-state index contributed by atoms with van der Waals surface area (Å²) in [6.45, 7) is 6.46. The molecule has 0 saturated carbocycles. The Morgan fingerprint density at radius 2 is 2.04 bits per heavy atom. The number of aryl methyl sites for hydroxylation is 2. The van der Waals surface area contributed by atoms with Crippen LogP contribution in [-0.2, 0) is 13.0 Å². The minimum Gasteiger partial charge on any atom is -0.489 e. The molecule has 0 aliphatic rings. The van der Waals surface area contributed by atoms with E-state index in [1.54, 1.807) is 12.4 Å². The first-order valence-electron chi connectivity index (χ1n) is 9.45. The monoisotopic (exact) mass is 395 g/mol. The van der Waals surface area contributed by atoms with Gasteiger partial charge in [0.05, 0.1) is 16.7 Å². The molecule has 2 heterocycles. The number of nitrogens with zero attached hydrogens (tertiary/aromatic N) is 2. The first-order chi connectivity index (χ1) is 13.6. The SMILES string of the molecule is CCCc1nc(C)c(C(=O)NC(C)c2ccc(OCc3cccnc3)cc2)s1. The van der Waals surface area contributed by atoms with E-state index < -0.39 is 0 Å². The van der Waals surface area contributed by atoms with Crippen LogP contribution in [0.15, 0.2) is 48.8 Å². The number of rotatable bonds is 8. The minimum absolute atomic E-state index is 0.0678. The molecule has 1 aromatic carbocycles. The lowest BCUT2D eigenvalue weighted by Gasteiger charge is -2.15. The van der Waals surface area contributed by atoms with Gasteiger partial charge in [-0.15, -0.1) is 11.3 Å². The molecule has 146 valence electrons. The molecule has 0 fully saturated rings. The molecule has 3 aromatic rings. The lowest BCUT2D eigenvalue weighted by molar-refractivity contribution is 0.0943. The summed E-state index contributed by atoms with van der Waals surface area (Å²) in [6, 6.07) is 11.6. The molecular weight excluding hydrogens is 370 g/mol. The predicted octanol–water partition coefficient (Wildman–Crippen LogP) is 4.87. The molecule has 1 atom stereocenters. The zero-order chi connectivity index (χ0) is 19.9. The highest BCUT2D eigenvalue weighted by atomic mass is 32.1. The van der Waals surface area contributed by atoms with Crippen molar-refractivity contribution in [3.63, 3.8) is 0 Å². The Kier molecular flexibility index (Phi) is 6.76. The zero-order valence-corrected chi connectivity index (χ0v) is 17.3. The van der Waals surface area contributed by atoms with Crippen LogP contribution in [0.2, 0.25) is 0 Å². The van der Waals surface area contributed by atoms with Crippen molar-refractivity contribution in [2.45, 2.75) is 46.3 Å². The molecule has 1 unspecified atom stereocenters. The van der Waals surface area contributed by atoms with E-state index in [9.17, 15) is 4.79 Å². The highest BCUT2D eigenvalue weighted by molar-refractivity contribution is 7.13. The van der Waals surface area contributed by atoms with E-state index in [1.165, 1.54) is 11.3 Å². The summed E-state index contributed by atoms with van der Waals surface area (Å²) in [5.41, 5.74) is 2.85. The summed E-state index contributed by atoms with van der Waals surface area (Å²) in [4.78, 5) is 21.9. The van der Waals surface area contributed by atoms with Gasteiger partial charge >= 0.3 is 0 Å². The Morgan fingerprint density at radius 3 is 2.71 bits per heavy atom. The minimum atomic E-state index is -0.101. The Labute approximate surface area is 169 Å². The van der Waals surface area contributed by atoms with Crippen molar-refractivity contribution in [1.29, 1.82) is 0 Å². The molecule has 3 rings (SSSR count). The number of amides is 1. The normalized spacial score (nSPS) is 11.8. The lowest BCUT2D eigenvalue weighted by Crippen LogP contribution is -2.26. The number of thiazole rings is 1. The quantitative estimate of drug-likeness (QED) is 0.591. The van der Waals surface area contributed by atoms with E-state index in [-0.39, 0.29) is 11.9 Å². The van der Waals surface area contributed by atoms with Crippen molar-refractivity contribution in [3.8, 4) is 5.75 Å². The topological polar surface area (TPSA) is 64.1 Å². The standard InChI is InChI=1S/C22H25N3O2S/c1-4-6-20-24-16(3)21(28-20)22(26)25-15(2)18-8-10-19(11-9-18)27-14-17-7-5-12-23-13-17/h5,7-13,15H,4,6,14H2,1-3H3,(H,25,26). The number of ether oxygens (including phenoxy) is 1. The molecule has 1 amide bonds. The summed E-state index contributed by atoms with van der Waals surface area (Å²) in [5.74, 6) is 0.718. The summed E-state index contributed by atoms with van der Waals surface area (Å²) in [6.07, 6.45) is 5.47. The fourth-order valence-electron chi connectivity index (χ4n) is 2.83. The Morgan fingerprint density at radius 1 is 1.25 bits per heavy atom. The maximum atomic E-state index is 12.6. The van der Waals surface area contributed by atoms with E-state index in [0.717, 1.165) is 40.4 Å². The molecule has 2 aromatic heterocycles. The van der Waals surface area contributed by atoms with Gasteiger partial charge in [-0.25, -0.2) is 4.98 Å². The van der Waals surface area contributed by atoms with Crippen molar-refractivity contribution in [3.05, 3.63) is 75.5 Å². The number of hydrogen-bond donors (Lipinski definition) is 1. The molecule has 0 radical (unpaired) electrons. The van der Waals surface area contributed by atoms with Crippen molar-refractivity contribution in [2.24, 2.45) is 0 Å². The second-order valence-electron chi connectivity index (χ2n) is 6.69. The van der Waals surface area contributed by atoms with E-state index in [0.29, 0.717) is 11.5 Å². The highest BCUT2D eigenvalue weighted by Gasteiger charge is 2.17. The van der Waals surface area contributed by atoms with Gasteiger partial charge in [0.25, 0.3) is 5.91 Å². The summed E-state index contributed by atoms with van der Waals surface area (Å²) >= 11 is 1.49. The molecule has 1 N–H and O–H groups in total. The number of carbonyl (C=O) groups excluding carboxylic acids is 1. The van der Waals surface area contributed by atoms with Crippen molar-refractivity contribution >= 4 is 17.2 Å². The number of pyridine rings is 1. The van der Waals surface area contributed by atoms with Gasteiger partial charge in [0.2, 0.25) is 0 Å². The van der Waals surface area contributed by atoms with Gasteiger partial charge in [-0.1, -0.05) is 25.1 Å². The van der Waals surface area contributed by atoms with E-state index in [2.05, 4.69) is 22.2 Å². The number of benzene rings is 1. The zero-order valence-electron chi connectivity index (χ0n) is 16.4. The Bertz CT molecular complexity index is 907. The van der Waals surface area contributed by atoms with Gasteiger partial charge in [-0.2, -0.15) is 0 Å². The molecule has 5 nitrogen and oxygen atoms in total. The Balaban J connectivity index is 1.58. The predicted molar refractivity (Wildman–Crippen MR) is 112 cm³/mol. The van der Waals surface area contributed by atoms with E-state index in [4.69, 9.17) is 4.74 Å². The second kappa shape index (κ2) is 9.46.